The molecule has 0 amide bonds. The van der Waals surface area contributed by atoms with Crippen LogP contribution < -0.4 is 0 Å². The van der Waals surface area contributed by atoms with E-state index in [0.717, 1.165) is 9.90 Å². The Balaban J connectivity index is 2.29. The molecule has 3 aromatic rings. The lowest BCUT2D eigenvalue weighted by molar-refractivity contribution is -0.116. The summed E-state index contributed by atoms with van der Waals surface area (Å²) in [4.78, 5) is 11.2. The van der Waals surface area contributed by atoms with Crippen LogP contribution in [-0.2, 0) is 11.2 Å². The van der Waals surface area contributed by atoms with Gasteiger partial charge in [0.15, 0.2) is 0 Å². The Morgan fingerprint density at radius 2 is 1.94 bits per heavy atom. The van der Waals surface area contributed by atoms with Crippen molar-refractivity contribution < 1.29 is 4.79 Å². The maximum Gasteiger partial charge on any atom is 0.134 e. The Morgan fingerprint density at radius 1 is 1.17 bits per heavy atom. The van der Waals surface area contributed by atoms with Crippen LogP contribution in [0.3, 0.4) is 0 Å². The number of rotatable bonds is 2. The van der Waals surface area contributed by atoms with Crippen LogP contribution >= 0.6 is 22.9 Å². The third-order valence-corrected chi connectivity index (χ3v) is 4.24. The third-order valence-electron chi connectivity index (χ3n) is 3.01. The van der Waals surface area contributed by atoms with E-state index < -0.39 is 0 Å². The molecule has 0 aliphatic heterocycles. The second-order valence-electron chi connectivity index (χ2n) is 4.46. The van der Waals surface area contributed by atoms with E-state index in [4.69, 9.17) is 11.6 Å². The fourth-order valence-electron chi connectivity index (χ4n) is 2.25. The van der Waals surface area contributed by atoms with Crippen LogP contribution in [0.5, 0.6) is 0 Å². The fraction of sp³-hybridized carbons (Fsp3) is 0.133. The lowest BCUT2D eigenvalue weighted by Crippen LogP contribution is -1.95. The highest BCUT2D eigenvalue weighted by Crippen LogP contribution is 2.34. The quantitative estimate of drug-likeness (QED) is 0.653. The predicted molar refractivity (Wildman–Crippen MR) is 78.7 cm³/mol. The van der Waals surface area contributed by atoms with Crippen LogP contribution in [0.1, 0.15) is 12.5 Å². The molecule has 1 nitrogen and oxygen atoms in total. The highest BCUT2D eigenvalue weighted by atomic mass is 35.5. The van der Waals surface area contributed by atoms with E-state index in [-0.39, 0.29) is 5.78 Å². The van der Waals surface area contributed by atoms with Crippen LogP contribution in [0.4, 0.5) is 0 Å². The zero-order valence-corrected chi connectivity index (χ0v) is 11.4. The van der Waals surface area contributed by atoms with Crippen LogP contribution in [0.2, 0.25) is 4.34 Å². The van der Waals surface area contributed by atoms with Gasteiger partial charge in [-0.2, -0.15) is 0 Å². The third kappa shape index (κ3) is 2.02. The number of carbonyl (C=O) groups is 1. The number of fused-ring (bicyclic) bond motifs is 3. The van der Waals surface area contributed by atoms with Crippen molar-refractivity contribution in [3.63, 3.8) is 0 Å². The highest BCUT2D eigenvalue weighted by molar-refractivity contribution is 7.22. The molecular weight excluding hydrogens is 264 g/mol. The Labute approximate surface area is 114 Å². The normalized spacial score (nSPS) is 11.2. The van der Waals surface area contributed by atoms with Crippen LogP contribution in [0, 0.1) is 0 Å². The maximum atomic E-state index is 11.2. The molecule has 0 aliphatic carbocycles. The van der Waals surface area contributed by atoms with Gasteiger partial charge in [-0.05, 0) is 35.4 Å². The lowest BCUT2D eigenvalue weighted by atomic mass is 10.0. The Bertz CT molecular complexity index is 758. The average Bonchev–Trinajstić information content (AvgIpc) is 2.69. The molecule has 1 aromatic heterocycles. The molecule has 3 rings (SSSR count). The Hall–Kier alpha value is -1.38. The minimum atomic E-state index is 0.185. The van der Waals surface area contributed by atoms with Crippen molar-refractivity contribution in [3.05, 3.63) is 46.3 Å². The molecule has 1 heterocycles. The minimum Gasteiger partial charge on any atom is -0.300 e. The number of hydrogen-bond donors (Lipinski definition) is 0. The predicted octanol–water partition coefficient (Wildman–Crippen LogP) is 4.84. The largest absolute Gasteiger partial charge is 0.300 e. The number of carbonyl (C=O) groups excluding carboxylic acids is 1. The first-order chi connectivity index (χ1) is 8.63. The van der Waals surface area contributed by atoms with Gasteiger partial charge in [0, 0.05) is 16.5 Å². The van der Waals surface area contributed by atoms with Crippen molar-refractivity contribution in [2.24, 2.45) is 0 Å². The average molecular weight is 275 g/mol. The van der Waals surface area contributed by atoms with Gasteiger partial charge in [0.1, 0.15) is 5.78 Å². The van der Waals surface area contributed by atoms with Crippen molar-refractivity contribution in [1.82, 2.24) is 0 Å². The number of Topliss-reactive ketones (excluding diaryl/α,β-unsaturated/α-hetero) is 1. The van der Waals surface area contributed by atoms with E-state index >= 15 is 0 Å². The summed E-state index contributed by atoms with van der Waals surface area (Å²) < 4.78 is 1.99. The first-order valence-corrected chi connectivity index (χ1v) is 6.93. The van der Waals surface area contributed by atoms with Crippen LogP contribution in [-0.4, -0.2) is 5.78 Å². The molecular formula is C15H11ClOS. The topological polar surface area (TPSA) is 17.1 Å². The van der Waals surface area contributed by atoms with E-state index in [9.17, 15) is 4.79 Å². The van der Waals surface area contributed by atoms with Crippen molar-refractivity contribution in [3.8, 4) is 0 Å². The van der Waals surface area contributed by atoms with Gasteiger partial charge in [-0.15, -0.1) is 11.3 Å². The molecule has 0 bridgehead atoms. The molecule has 0 radical (unpaired) electrons. The van der Waals surface area contributed by atoms with E-state index in [0.29, 0.717) is 6.42 Å². The molecule has 0 saturated heterocycles. The van der Waals surface area contributed by atoms with Gasteiger partial charge in [0.25, 0.3) is 0 Å². The van der Waals surface area contributed by atoms with E-state index in [2.05, 4.69) is 24.3 Å². The van der Waals surface area contributed by atoms with Gasteiger partial charge in [0.05, 0.1) is 4.34 Å². The van der Waals surface area contributed by atoms with Gasteiger partial charge in [0.2, 0.25) is 0 Å². The van der Waals surface area contributed by atoms with Gasteiger partial charge >= 0.3 is 0 Å². The van der Waals surface area contributed by atoms with Crippen molar-refractivity contribution in [2.45, 2.75) is 13.3 Å². The number of benzene rings is 2. The van der Waals surface area contributed by atoms with Gasteiger partial charge in [-0.25, -0.2) is 0 Å². The Kier molecular flexibility index (Phi) is 2.84. The molecule has 0 unspecified atom stereocenters. The first kappa shape index (κ1) is 11.7. The minimum absolute atomic E-state index is 0.185. The zero-order valence-electron chi connectivity index (χ0n) is 9.87. The highest BCUT2D eigenvalue weighted by Gasteiger charge is 2.06. The summed E-state index contributed by atoms with van der Waals surface area (Å²) in [5.41, 5.74) is 1.06. The Morgan fingerprint density at radius 3 is 2.72 bits per heavy atom. The van der Waals surface area contributed by atoms with E-state index in [1.165, 1.54) is 20.9 Å². The summed E-state index contributed by atoms with van der Waals surface area (Å²) in [5.74, 6) is 0.185. The monoisotopic (exact) mass is 274 g/mol. The molecule has 0 saturated carbocycles. The second kappa shape index (κ2) is 4.38. The zero-order chi connectivity index (χ0) is 12.7. The van der Waals surface area contributed by atoms with Crippen molar-refractivity contribution in [2.75, 3.05) is 0 Å². The molecule has 18 heavy (non-hydrogen) atoms. The summed E-state index contributed by atoms with van der Waals surface area (Å²) in [6.45, 7) is 1.62. The summed E-state index contributed by atoms with van der Waals surface area (Å²) >= 11 is 7.66. The maximum absolute atomic E-state index is 11.2. The summed E-state index contributed by atoms with van der Waals surface area (Å²) in [7, 11) is 0. The number of ketones is 1. The van der Waals surface area contributed by atoms with E-state index in [1.54, 1.807) is 18.3 Å². The standard InChI is InChI=1S/C15H11ClOS/c1-9(17)6-10-2-3-11-4-5-14-13(12(11)7-10)8-15(16)18-14/h2-5,7-8H,6H2,1H3. The van der Waals surface area contributed by atoms with Crippen molar-refractivity contribution >= 4 is 49.6 Å². The van der Waals surface area contributed by atoms with Crippen LogP contribution in [0.25, 0.3) is 20.9 Å². The molecule has 90 valence electrons. The SMILES string of the molecule is CC(=O)Cc1ccc2ccc3sc(Cl)cc3c2c1. The second-order valence-corrected chi connectivity index (χ2v) is 6.18. The molecule has 2 aromatic carbocycles. The number of hydrogen-bond acceptors (Lipinski definition) is 2. The molecule has 0 atom stereocenters. The van der Waals surface area contributed by atoms with Gasteiger partial charge in [-0.3, -0.25) is 4.79 Å². The lowest BCUT2D eigenvalue weighted by Gasteiger charge is -2.03. The number of thiophene rings is 1. The molecule has 3 heteroatoms. The first-order valence-electron chi connectivity index (χ1n) is 5.73. The van der Waals surface area contributed by atoms with Crippen molar-refractivity contribution in [1.29, 1.82) is 0 Å². The molecule has 0 spiro atoms. The smallest absolute Gasteiger partial charge is 0.134 e. The fourth-order valence-corrected chi connectivity index (χ4v) is 3.41. The molecule has 0 N–H and O–H groups in total. The summed E-state index contributed by atoms with van der Waals surface area (Å²) in [5, 5.41) is 3.53. The summed E-state index contributed by atoms with van der Waals surface area (Å²) in [6, 6.07) is 12.4. The molecule has 0 aliphatic rings. The molecule has 0 fully saturated rings. The van der Waals surface area contributed by atoms with E-state index in [1.807, 2.05) is 12.1 Å². The van der Waals surface area contributed by atoms with Gasteiger partial charge < -0.3 is 0 Å². The van der Waals surface area contributed by atoms with Crippen LogP contribution in [0.15, 0.2) is 36.4 Å². The van der Waals surface area contributed by atoms with Gasteiger partial charge in [-0.1, -0.05) is 35.9 Å². The summed E-state index contributed by atoms with van der Waals surface area (Å²) in [6.07, 6.45) is 0.490. The number of halogens is 1.